The zero-order valence-electron chi connectivity index (χ0n) is 9.69. The number of aliphatic hydroxyl groups is 1. The quantitative estimate of drug-likeness (QED) is 0.753. The highest BCUT2D eigenvalue weighted by atomic mass is 79.9. The molecule has 1 rings (SSSR count). The van der Waals surface area contributed by atoms with E-state index < -0.39 is 12.1 Å². The monoisotopic (exact) mass is 300 g/mol. The molecule has 0 fully saturated rings. The molecule has 1 aromatic carbocycles. The van der Waals surface area contributed by atoms with Crippen molar-refractivity contribution in [1.29, 1.82) is 0 Å². The molecule has 0 heterocycles. The Morgan fingerprint density at radius 1 is 1.59 bits per heavy atom. The topological polar surface area (TPSA) is 75.3 Å². The molecular weight excluding hydrogens is 284 g/mol. The molecule has 17 heavy (non-hydrogen) atoms. The average Bonchev–Trinajstić information content (AvgIpc) is 2.25. The van der Waals surface area contributed by atoms with Crippen molar-refractivity contribution in [3.63, 3.8) is 0 Å². The first-order valence-corrected chi connectivity index (χ1v) is 6.23. The SMILES string of the molecule is CC(O)C(N)CNC(=O)Cc1cccc(Br)c1. The van der Waals surface area contributed by atoms with Crippen LogP contribution in [0, 0.1) is 0 Å². The lowest BCUT2D eigenvalue weighted by Crippen LogP contribution is -2.44. The molecule has 4 N–H and O–H groups in total. The highest BCUT2D eigenvalue weighted by Gasteiger charge is 2.10. The van der Waals surface area contributed by atoms with Crippen molar-refractivity contribution in [2.24, 2.45) is 5.73 Å². The molecule has 94 valence electrons. The van der Waals surface area contributed by atoms with Gasteiger partial charge in [0, 0.05) is 17.1 Å². The molecule has 2 unspecified atom stereocenters. The molecule has 0 radical (unpaired) electrons. The molecule has 2 atom stereocenters. The standard InChI is InChI=1S/C12H17BrN2O2/c1-8(16)11(14)7-15-12(17)6-9-3-2-4-10(13)5-9/h2-5,8,11,16H,6-7,14H2,1H3,(H,15,17). The van der Waals surface area contributed by atoms with Crippen LogP contribution < -0.4 is 11.1 Å². The minimum absolute atomic E-state index is 0.0980. The van der Waals surface area contributed by atoms with Gasteiger partial charge in [-0.3, -0.25) is 4.79 Å². The molecule has 1 aromatic rings. The maximum Gasteiger partial charge on any atom is 0.224 e. The molecule has 0 spiro atoms. The Labute approximate surface area is 109 Å². The summed E-state index contributed by atoms with van der Waals surface area (Å²) in [5.74, 6) is -0.0980. The smallest absolute Gasteiger partial charge is 0.224 e. The fourth-order valence-corrected chi connectivity index (χ4v) is 1.74. The van der Waals surface area contributed by atoms with Crippen molar-refractivity contribution in [3.8, 4) is 0 Å². The van der Waals surface area contributed by atoms with E-state index in [4.69, 9.17) is 5.73 Å². The third-order valence-electron chi connectivity index (χ3n) is 2.41. The highest BCUT2D eigenvalue weighted by molar-refractivity contribution is 9.10. The average molecular weight is 301 g/mol. The van der Waals surface area contributed by atoms with E-state index >= 15 is 0 Å². The zero-order chi connectivity index (χ0) is 12.8. The normalized spacial score (nSPS) is 14.1. The number of halogens is 1. The van der Waals surface area contributed by atoms with E-state index in [0.717, 1.165) is 10.0 Å². The lowest BCUT2D eigenvalue weighted by atomic mass is 10.1. The minimum atomic E-state index is -0.624. The molecule has 4 nitrogen and oxygen atoms in total. The number of hydrogen-bond donors (Lipinski definition) is 3. The van der Waals surface area contributed by atoms with Crippen LogP contribution >= 0.6 is 15.9 Å². The van der Waals surface area contributed by atoms with Crippen LogP contribution in [-0.4, -0.2) is 29.7 Å². The number of aliphatic hydroxyl groups excluding tert-OH is 1. The third-order valence-corrected chi connectivity index (χ3v) is 2.90. The number of nitrogens with two attached hydrogens (primary N) is 1. The Balaban J connectivity index is 2.40. The highest BCUT2D eigenvalue weighted by Crippen LogP contribution is 2.11. The number of benzene rings is 1. The van der Waals surface area contributed by atoms with E-state index in [9.17, 15) is 9.90 Å². The summed E-state index contributed by atoms with van der Waals surface area (Å²) >= 11 is 3.35. The summed E-state index contributed by atoms with van der Waals surface area (Å²) in [5, 5.41) is 11.9. The first-order valence-electron chi connectivity index (χ1n) is 5.44. The predicted molar refractivity (Wildman–Crippen MR) is 70.5 cm³/mol. The first kappa shape index (κ1) is 14.2. The van der Waals surface area contributed by atoms with E-state index in [0.29, 0.717) is 6.42 Å². The van der Waals surface area contributed by atoms with Crippen LogP contribution in [0.2, 0.25) is 0 Å². The predicted octanol–water partition coefficient (Wildman–Crippen LogP) is 0.816. The maximum atomic E-state index is 11.6. The van der Waals surface area contributed by atoms with Crippen molar-refractivity contribution in [1.82, 2.24) is 5.32 Å². The fourth-order valence-electron chi connectivity index (χ4n) is 1.30. The number of amides is 1. The van der Waals surface area contributed by atoms with Crippen LogP contribution in [-0.2, 0) is 11.2 Å². The van der Waals surface area contributed by atoms with Gasteiger partial charge in [0.05, 0.1) is 12.5 Å². The zero-order valence-corrected chi connectivity index (χ0v) is 11.3. The summed E-state index contributed by atoms with van der Waals surface area (Å²) < 4.78 is 0.948. The molecule has 0 saturated carbocycles. The molecule has 0 aliphatic rings. The minimum Gasteiger partial charge on any atom is -0.392 e. The maximum absolute atomic E-state index is 11.6. The van der Waals surface area contributed by atoms with E-state index in [1.54, 1.807) is 6.92 Å². The molecule has 1 amide bonds. The van der Waals surface area contributed by atoms with Crippen LogP contribution in [0.5, 0.6) is 0 Å². The Kier molecular flexibility index (Phi) is 5.61. The van der Waals surface area contributed by atoms with Gasteiger partial charge >= 0.3 is 0 Å². The van der Waals surface area contributed by atoms with Crippen molar-refractivity contribution in [3.05, 3.63) is 34.3 Å². The summed E-state index contributed by atoms with van der Waals surface area (Å²) in [6.07, 6.45) is -0.312. The van der Waals surface area contributed by atoms with Crippen molar-refractivity contribution < 1.29 is 9.90 Å². The van der Waals surface area contributed by atoms with E-state index in [1.165, 1.54) is 0 Å². The van der Waals surface area contributed by atoms with Gasteiger partial charge < -0.3 is 16.2 Å². The summed E-state index contributed by atoms with van der Waals surface area (Å²) in [6.45, 7) is 1.88. The van der Waals surface area contributed by atoms with Crippen LogP contribution in [0.25, 0.3) is 0 Å². The van der Waals surface area contributed by atoms with Crippen LogP contribution in [0.3, 0.4) is 0 Å². The lowest BCUT2D eigenvalue weighted by Gasteiger charge is -2.15. The number of hydrogen-bond acceptors (Lipinski definition) is 3. The molecule has 0 saturated heterocycles. The molecule has 0 aromatic heterocycles. The second-order valence-corrected chi connectivity index (χ2v) is 4.93. The van der Waals surface area contributed by atoms with E-state index in [2.05, 4.69) is 21.2 Å². The number of rotatable bonds is 5. The summed E-state index contributed by atoms with van der Waals surface area (Å²) in [4.78, 5) is 11.6. The van der Waals surface area contributed by atoms with Gasteiger partial charge in [0.25, 0.3) is 0 Å². The van der Waals surface area contributed by atoms with Gasteiger partial charge in [0.2, 0.25) is 5.91 Å². The first-order chi connectivity index (χ1) is 7.99. The summed E-state index contributed by atoms with van der Waals surface area (Å²) in [5.41, 5.74) is 6.54. The third kappa shape index (κ3) is 5.30. The Morgan fingerprint density at radius 2 is 2.29 bits per heavy atom. The summed E-state index contributed by atoms with van der Waals surface area (Å²) in [6, 6.07) is 7.15. The number of carbonyl (C=O) groups is 1. The van der Waals surface area contributed by atoms with Crippen molar-refractivity contribution in [2.75, 3.05) is 6.54 Å². The van der Waals surface area contributed by atoms with Crippen LogP contribution in [0.4, 0.5) is 0 Å². The van der Waals surface area contributed by atoms with Gasteiger partial charge in [-0.15, -0.1) is 0 Å². The summed E-state index contributed by atoms with van der Waals surface area (Å²) in [7, 11) is 0. The van der Waals surface area contributed by atoms with E-state index in [-0.39, 0.29) is 12.5 Å². The Bertz CT molecular complexity index is 383. The van der Waals surface area contributed by atoms with Crippen LogP contribution in [0.1, 0.15) is 12.5 Å². The number of nitrogens with one attached hydrogen (secondary N) is 1. The van der Waals surface area contributed by atoms with Gasteiger partial charge in [-0.05, 0) is 24.6 Å². The largest absolute Gasteiger partial charge is 0.392 e. The number of carbonyl (C=O) groups excluding carboxylic acids is 1. The Hall–Kier alpha value is -0.910. The fraction of sp³-hybridized carbons (Fsp3) is 0.417. The van der Waals surface area contributed by atoms with Crippen molar-refractivity contribution in [2.45, 2.75) is 25.5 Å². The molecule has 5 heteroatoms. The van der Waals surface area contributed by atoms with Gasteiger partial charge in [0.15, 0.2) is 0 Å². The van der Waals surface area contributed by atoms with Gasteiger partial charge in [-0.1, -0.05) is 28.1 Å². The van der Waals surface area contributed by atoms with Gasteiger partial charge in [-0.2, -0.15) is 0 Å². The lowest BCUT2D eigenvalue weighted by molar-refractivity contribution is -0.120. The molecular formula is C12H17BrN2O2. The second kappa shape index (κ2) is 6.74. The molecule has 0 bridgehead atoms. The van der Waals surface area contributed by atoms with Crippen molar-refractivity contribution >= 4 is 21.8 Å². The van der Waals surface area contributed by atoms with Gasteiger partial charge in [0.1, 0.15) is 0 Å². The Morgan fingerprint density at radius 3 is 2.88 bits per heavy atom. The molecule has 0 aliphatic heterocycles. The van der Waals surface area contributed by atoms with Crippen LogP contribution in [0.15, 0.2) is 28.7 Å². The molecule has 0 aliphatic carbocycles. The van der Waals surface area contributed by atoms with Gasteiger partial charge in [-0.25, -0.2) is 0 Å². The second-order valence-electron chi connectivity index (χ2n) is 4.02. The van der Waals surface area contributed by atoms with E-state index in [1.807, 2.05) is 24.3 Å².